The Hall–Kier alpha value is -2.00. The number of likely N-dealkylation sites (tertiary alicyclic amines) is 1. The third-order valence-corrected chi connectivity index (χ3v) is 12.1. The second-order valence-corrected chi connectivity index (χ2v) is 13.8. The van der Waals surface area contributed by atoms with E-state index in [1.165, 1.54) is 0 Å². The van der Waals surface area contributed by atoms with E-state index < -0.39 is 64.1 Å². The molecule has 1 aliphatic heterocycles. The number of rotatable bonds is 4. The Morgan fingerprint density at radius 3 is 2.21 bits per heavy atom. The maximum atomic E-state index is 13.4. The van der Waals surface area contributed by atoms with Gasteiger partial charge < -0.3 is 29.7 Å². The minimum atomic E-state index is -1.50. The second kappa shape index (κ2) is 8.28. The minimum absolute atomic E-state index is 0.0694. The van der Waals surface area contributed by atoms with Crippen LogP contribution in [0.25, 0.3) is 0 Å². The van der Waals surface area contributed by atoms with Crippen LogP contribution in [0.1, 0.15) is 60.3 Å². The fraction of sp³-hybridized carbons (Fsp3) is 0.742. The predicted octanol–water partition coefficient (Wildman–Crippen LogP) is 2.52. The lowest BCUT2D eigenvalue weighted by Crippen LogP contribution is -2.82. The van der Waals surface area contributed by atoms with Crippen LogP contribution >= 0.6 is 0 Å². The van der Waals surface area contributed by atoms with Gasteiger partial charge in [0.25, 0.3) is 0 Å². The number of hydrogen-bond donors (Lipinski definition) is 3. The van der Waals surface area contributed by atoms with E-state index in [9.17, 15) is 24.9 Å². The Kier molecular flexibility index (Phi) is 5.77. The molecule has 0 amide bonds. The van der Waals surface area contributed by atoms with E-state index in [-0.39, 0.29) is 17.9 Å². The van der Waals surface area contributed by atoms with Crippen LogP contribution in [0.5, 0.6) is 0 Å². The molecule has 0 aromatic heterocycles. The third-order valence-electron chi connectivity index (χ3n) is 12.1. The van der Waals surface area contributed by atoms with Crippen molar-refractivity contribution in [3.63, 3.8) is 0 Å². The number of hydrogen-bond acceptors (Lipinski definition) is 8. The zero-order valence-corrected chi connectivity index (χ0v) is 23.9. The van der Waals surface area contributed by atoms with E-state index in [4.69, 9.17) is 9.47 Å². The molecule has 214 valence electrons. The predicted molar refractivity (Wildman–Crippen MR) is 143 cm³/mol. The molecule has 3 N–H and O–H groups in total. The van der Waals surface area contributed by atoms with E-state index in [0.29, 0.717) is 43.4 Å². The highest BCUT2D eigenvalue weighted by Crippen LogP contribution is 2.84. The van der Waals surface area contributed by atoms with E-state index >= 15 is 0 Å². The van der Waals surface area contributed by atoms with Crippen molar-refractivity contribution >= 4 is 11.9 Å². The monoisotopic (exact) mass is 541 g/mol. The Labute approximate surface area is 230 Å². The molecule has 6 rings (SSSR count). The first-order valence-electron chi connectivity index (χ1n) is 14.4. The molecule has 8 heteroatoms. The summed E-state index contributed by atoms with van der Waals surface area (Å²) in [5.41, 5.74) is -1.88. The summed E-state index contributed by atoms with van der Waals surface area (Å²) in [6.45, 7) is 13.9. The largest absolute Gasteiger partial charge is 0.455 e. The summed E-state index contributed by atoms with van der Waals surface area (Å²) < 4.78 is 12.6. The van der Waals surface area contributed by atoms with Crippen LogP contribution in [-0.2, 0) is 19.1 Å². The van der Waals surface area contributed by atoms with Gasteiger partial charge in [0.2, 0.25) is 0 Å². The van der Waals surface area contributed by atoms with Crippen molar-refractivity contribution in [1.82, 2.24) is 4.90 Å². The molecule has 0 radical (unpaired) electrons. The summed E-state index contributed by atoms with van der Waals surface area (Å²) in [6, 6.07) is -0.201. The smallest absolute Gasteiger partial charge is 0.333 e. The fourth-order valence-electron chi connectivity index (χ4n) is 11.1. The van der Waals surface area contributed by atoms with Crippen LogP contribution in [0.3, 0.4) is 0 Å². The average molecular weight is 542 g/mol. The summed E-state index contributed by atoms with van der Waals surface area (Å²) in [6.07, 6.45) is 1.73. The number of nitrogens with zero attached hydrogens (tertiary/aromatic N) is 1. The first-order valence-corrected chi connectivity index (χ1v) is 14.4. The number of aliphatic hydroxyl groups is 3. The fourth-order valence-corrected chi connectivity index (χ4v) is 11.1. The second-order valence-electron chi connectivity index (χ2n) is 13.8. The van der Waals surface area contributed by atoms with E-state index in [0.717, 1.165) is 5.57 Å². The van der Waals surface area contributed by atoms with Gasteiger partial charge in [-0.15, -0.1) is 0 Å². The molecule has 2 spiro atoms. The molecule has 8 nitrogen and oxygen atoms in total. The number of carbonyl (C=O) groups excluding carboxylic acids is 2. The highest BCUT2D eigenvalue weighted by atomic mass is 16.6. The van der Waals surface area contributed by atoms with Gasteiger partial charge in [0, 0.05) is 46.4 Å². The van der Waals surface area contributed by atoms with Crippen LogP contribution in [0, 0.1) is 34.0 Å². The summed E-state index contributed by atoms with van der Waals surface area (Å²) in [5, 5.41) is 36.1. The van der Waals surface area contributed by atoms with Gasteiger partial charge >= 0.3 is 11.9 Å². The molecule has 6 bridgehead atoms. The molecule has 0 aromatic carbocycles. The first kappa shape index (κ1) is 27.2. The Morgan fingerprint density at radius 2 is 1.62 bits per heavy atom. The molecule has 5 aliphatic carbocycles. The number of carbonyl (C=O) groups is 2. The molecule has 1 heterocycles. The SMILES string of the molecule is C=C1C[C@]23C[C@H](O)[C@]4(O)[C@@]5(C)C[C@H](O)C[C@]46C(C2C1[C@@H](OC(=O)/C(C)=C/C)[C@@H](OC(=O)/C(C)=C/C)C36)N(C)C5. The molecular weight excluding hydrogens is 498 g/mol. The number of piperidine rings is 1. The third kappa shape index (κ3) is 2.94. The zero-order valence-electron chi connectivity index (χ0n) is 23.9. The summed E-state index contributed by atoms with van der Waals surface area (Å²) in [7, 11) is 2.07. The molecule has 5 saturated carbocycles. The standard InChI is InChI=1S/C31H43NO7/c1-8-15(3)26(35)38-22-20-17(5)10-29-13-19(34)31(37)28(6)11-18(33)12-30(31,25(21(20)29)32(7)14-28)24(29)23(22)39-27(36)16(4)9-2/h8-9,18-25,33-34,37H,5,10-14H2,1-4,6-7H3/b15-8+,16-9+/t18-,19-,20?,21?,22+,23+,24?,25?,28-,29-,30-,31-/m0/s1. The van der Waals surface area contributed by atoms with Gasteiger partial charge in [0.05, 0.1) is 12.2 Å². The Bertz CT molecular complexity index is 1210. The van der Waals surface area contributed by atoms with Crippen LogP contribution in [0.15, 0.2) is 35.5 Å². The maximum Gasteiger partial charge on any atom is 0.333 e. The molecule has 4 unspecified atom stereocenters. The van der Waals surface area contributed by atoms with Crippen molar-refractivity contribution in [3.8, 4) is 0 Å². The lowest BCUT2D eigenvalue weighted by molar-refractivity contribution is -0.342. The van der Waals surface area contributed by atoms with Gasteiger partial charge in [-0.05, 0) is 71.8 Å². The topological polar surface area (TPSA) is 117 Å². The van der Waals surface area contributed by atoms with Gasteiger partial charge in [-0.25, -0.2) is 9.59 Å². The quantitative estimate of drug-likeness (QED) is 0.283. The van der Waals surface area contributed by atoms with Crippen molar-refractivity contribution < 1.29 is 34.4 Å². The van der Waals surface area contributed by atoms with E-state index in [1.54, 1.807) is 39.8 Å². The van der Waals surface area contributed by atoms with Crippen molar-refractivity contribution in [3.05, 3.63) is 35.5 Å². The van der Waals surface area contributed by atoms with E-state index in [2.05, 4.69) is 18.5 Å². The van der Waals surface area contributed by atoms with Crippen LogP contribution < -0.4 is 0 Å². The average Bonchev–Trinajstić information content (AvgIpc) is 3.14. The summed E-state index contributed by atoms with van der Waals surface area (Å²) in [4.78, 5) is 28.9. The number of allylic oxidation sites excluding steroid dienone is 2. The van der Waals surface area contributed by atoms with Gasteiger partial charge in [0.1, 0.15) is 17.8 Å². The molecule has 1 saturated heterocycles. The summed E-state index contributed by atoms with van der Waals surface area (Å²) >= 11 is 0. The Morgan fingerprint density at radius 1 is 1.03 bits per heavy atom. The first-order chi connectivity index (χ1) is 18.2. The number of ether oxygens (including phenoxy) is 2. The zero-order chi connectivity index (χ0) is 28.4. The highest BCUT2D eigenvalue weighted by Gasteiger charge is 2.90. The van der Waals surface area contributed by atoms with Gasteiger partial charge in [-0.1, -0.05) is 31.2 Å². The summed E-state index contributed by atoms with van der Waals surface area (Å²) in [5.74, 6) is -1.76. The number of aliphatic hydroxyl groups excluding tert-OH is 2. The molecular formula is C31H43NO7. The molecule has 6 fully saturated rings. The van der Waals surface area contributed by atoms with E-state index in [1.807, 2.05) is 6.92 Å². The molecule has 39 heavy (non-hydrogen) atoms. The van der Waals surface area contributed by atoms with Crippen LogP contribution in [-0.4, -0.2) is 81.8 Å². The highest BCUT2D eigenvalue weighted by molar-refractivity contribution is 5.89. The Balaban J connectivity index is 1.61. The van der Waals surface area contributed by atoms with Crippen molar-refractivity contribution in [1.29, 1.82) is 0 Å². The lowest BCUT2D eigenvalue weighted by Gasteiger charge is -2.72. The van der Waals surface area contributed by atoms with Gasteiger partial charge in [-0.3, -0.25) is 0 Å². The lowest BCUT2D eigenvalue weighted by atomic mass is 9.38. The molecule has 12 atom stereocenters. The van der Waals surface area contributed by atoms with Crippen LogP contribution in [0.4, 0.5) is 0 Å². The molecule has 6 aliphatic rings. The van der Waals surface area contributed by atoms with Crippen LogP contribution in [0.2, 0.25) is 0 Å². The normalized spacial score (nSPS) is 52.1. The van der Waals surface area contributed by atoms with Crippen molar-refractivity contribution in [2.24, 2.45) is 34.0 Å². The van der Waals surface area contributed by atoms with Crippen molar-refractivity contribution in [2.45, 2.75) is 96.4 Å². The maximum absolute atomic E-state index is 13.4. The minimum Gasteiger partial charge on any atom is -0.455 e. The van der Waals surface area contributed by atoms with Crippen molar-refractivity contribution in [2.75, 3.05) is 13.6 Å². The number of esters is 2. The molecule has 0 aromatic rings. The van der Waals surface area contributed by atoms with Gasteiger partial charge in [-0.2, -0.15) is 0 Å². The van der Waals surface area contributed by atoms with Gasteiger partial charge in [0.15, 0.2) is 0 Å².